The van der Waals surface area contributed by atoms with Crippen LogP contribution in [0.2, 0.25) is 15.1 Å². The van der Waals surface area contributed by atoms with Crippen LogP contribution in [0.1, 0.15) is 22.8 Å². The summed E-state index contributed by atoms with van der Waals surface area (Å²) in [5, 5.41) is 0.594. The van der Waals surface area contributed by atoms with E-state index in [1.807, 2.05) is 0 Å². The monoisotopic (exact) mass is 421 g/mol. The molecule has 0 amide bonds. The predicted molar refractivity (Wildman–Crippen MR) is 100 cm³/mol. The number of nitrogens with one attached hydrogen (secondary N) is 1. The number of rotatable bonds is 6. The molecule has 0 unspecified atom stereocenters. The van der Waals surface area contributed by atoms with E-state index < -0.39 is 21.7 Å². The summed E-state index contributed by atoms with van der Waals surface area (Å²) in [6, 6.07) is 8.89. The van der Waals surface area contributed by atoms with Crippen molar-refractivity contribution in [3.05, 3.63) is 62.6 Å². The maximum Gasteiger partial charge on any atom is 0.339 e. The van der Waals surface area contributed by atoms with Gasteiger partial charge in [-0.05, 0) is 37.3 Å². The van der Waals surface area contributed by atoms with Crippen LogP contribution < -0.4 is 4.72 Å². The molecule has 0 saturated heterocycles. The smallest absolute Gasteiger partial charge is 0.339 e. The predicted octanol–water partition coefficient (Wildman–Crippen LogP) is 4.77. The second-order valence-corrected chi connectivity index (χ2v) is 7.92. The lowest BCUT2D eigenvalue weighted by atomic mass is 10.2. The van der Waals surface area contributed by atoms with Crippen LogP contribution in [0, 0.1) is 0 Å². The van der Waals surface area contributed by atoms with E-state index >= 15 is 0 Å². The quantitative estimate of drug-likeness (QED) is 0.681. The largest absolute Gasteiger partial charge is 0.462 e. The van der Waals surface area contributed by atoms with Gasteiger partial charge in [-0.1, -0.05) is 40.9 Å². The number of sulfonamides is 1. The SMILES string of the molecule is CCOC(=O)c1ccc(NS(=O)(=O)Cc2c(Cl)cccc2Cl)cc1Cl. The molecule has 0 atom stereocenters. The number of anilines is 1. The van der Waals surface area contributed by atoms with Gasteiger partial charge in [0, 0.05) is 15.6 Å². The van der Waals surface area contributed by atoms with Crippen molar-refractivity contribution in [1.82, 2.24) is 0 Å². The fraction of sp³-hybridized carbons (Fsp3) is 0.188. The van der Waals surface area contributed by atoms with Gasteiger partial charge in [-0.2, -0.15) is 0 Å². The van der Waals surface area contributed by atoms with Gasteiger partial charge in [0.25, 0.3) is 0 Å². The van der Waals surface area contributed by atoms with Gasteiger partial charge in [0.2, 0.25) is 10.0 Å². The first kappa shape index (κ1) is 19.8. The van der Waals surface area contributed by atoms with Crippen LogP contribution in [0.25, 0.3) is 0 Å². The van der Waals surface area contributed by atoms with Gasteiger partial charge < -0.3 is 4.74 Å². The minimum absolute atomic E-state index is 0.0782. The summed E-state index contributed by atoms with van der Waals surface area (Å²) in [6.45, 7) is 1.89. The van der Waals surface area contributed by atoms with Crippen LogP contribution in [0.4, 0.5) is 5.69 Å². The van der Waals surface area contributed by atoms with Crippen molar-refractivity contribution in [3.63, 3.8) is 0 Å². The summed E-state index contributed by atoms with van der Waals surface area (Å²) in [5.41, 5.74) is 0.661. The van der Waals surface area contributed by atoms with Crippen LogP contribution in [0.3, 0.4) is 0 Å². The van der Waals surface area contributed by atoms with Gasteiger partial charge in [0.1, 0.15) is 0 Å². The minimum atomic E-state index is -3.79. The Balaban J connectivity index is 2.21. The topological polar surface area (TPSA) is 72.5 Å². The Morgan fingerprint density at radius 1 is 1.08 bits per heavy atom. The maximum absolute atomic E-state index is 12.3. The molecule has 1 N–H and O–H groups in total. The lowest BCUT2D eigenvalue weighted by Crippen LogP contribution is -2.16. The molecule has 0 heterocycles. The lowest BCUT2D eigenvalue weighted by Gasteiger charge is -2.12. The summed E-state index contributed by atoms with van der Waals surface area (Å²) < 4.78 is 31.9. The molecule has 0 saturated carbocycles. The Morgan fingerprint density at radius 2 is 1.72 bits per heavy atom. The molecular formula is C16H14Cl3NO4S. The summed E-state index contributed by atoms with van der Waals surface area (Å²) >= 11 is 18.0. The average molecular weight is 423 g/mol. The fourth-order valence-corrected chi connectivity index (χ4v) is 4.23. The lowest BCUT2D eigenvalue weighted by molar-refractivity contribution is 0.0526. The van der Waals surface area contributed by atoms with E-state index in [4.69, 9.17) is 39.5 Å². The summed E-state index contributed by atoms with van der Waals surface area (Å²) in [4.78, 5) is 11.7. The van der Waals surface area contributed by atoms with E-state index in [1.54, 1.807) is 25.1 Å². The molecule has 0 bridgehead atoms. The van der Waals surface area contributed by atoms with E-state index in [0.717, 1.165) is 0 Å². The van der Waals surface area contributed by atoms with E-state index in [-0.39, 0.29) is 32.9 Å². The number of hydrogen-bond donors (Lipinski definition) is 1. The van der Waals surface area contributed by atoms with Crippen LogP contribution in [0.15, 0.2) is 36.4 Å². The molecule has 0 aliphatic rings. The van der Waals surface area contributed by atoms with Crippen LogP contribution in [-0.4, -0.2) is 21.0 Å². The van der Waals surface area contributed by atoms with Crippen molar-refractivity contribution in [2.75, 3.05) is 11.3 Å². The summed E-state index contributed by atoms with van der Waals surface area (Å²) in [6.07, 6.45) is 0. The maximum atomic E-state index is 12.3. The van der Waals surface area contributed by atoms with Crippen molar-refractivity contribution in [2.45, 2.75) is 12.7 Å². The number of carbonyl (C=O) groups is 1. The summed E-state index contributed by atoms with van der Waals surface area (Å²) in [5.74, 6) is -0.979. The molecule has 134 valence electrons. The molecule has 5 nitrogen and oxygen atoms in total. The highest BCUT2D eigenvalue weighted by molar-refractivity contribution is 7.91. The van der Waals surface area contributed by atoms with Gasteiger partial charge in [0.15, 0.2) is 0 Å². The zero-order valence-electron chi connectivity index (χ0n) is 13.1. The third-order valence-corrected chi connectivity index (χ3v) is 5.37. The molecule has 2 aromatic rings. The Morgan fingerprint density at radius 3 is 2.28 bits per heavy atom. The highest BCUT2D eigenvalue weighted by atomic mass is 35.5. The average Bonchev–Trinajstić information content (AvgIpc) is 2.51. The molecule has 0 spiro atoms. The van der Waals surface area contributed by atoms with Gasteiger partial charge in [-0.3, -0.25) is 4.72 Å². The molecule has 2 rings (SSSR count). The second-order valence-electron chi connectivity index (χ2n) is 4.98. The molecular weight excluding hydrogens is 409 g/mol. The second kappa shape index (κ2) is 8.27. The Kier molecular flexibility index (Phi) is 6.57. The van der Waals surface area contributed by atoms with Gasteiger partial charge in [-0.25, -0.2) is 13.2 Å². The van der Waals surface area contributed by atoms with E-state index in [2.05, 4.69) is 4.72 Å². The number of halogens is 3. The normalized spacial score (nSPS) is 11.2. The van der Waals surface area contributed by atoms with Crippen LogP contribution >= 0.6 is 34.8 Å². The fourth-order valence-electron chi connectivity index (χ4n) is 2.03. The number of ether oxygens (including phenoxy) is 1. The minimum Gasteiger partial charge on any atom is -0.462 e. The van der Waals surface area contributed by atoms with Crippen molar-refractivity contribution in [2.24, 2.45) is 0 Å². The molecule has 0 radical (unpaired) electrons. The Labute approximate surface area is 160 Å². The summed E-state index contributed by atoms with van der Waals surface area (Å²) in [7, 11) is -3.79. The Hall–Kier alpha value is -1.47. The van der Waals surface area contributed by atoms with Crippen molar-refractivity contribution >= 4 is 56.5 Å². The number of carbonyl (C=O) groups excluding carboxylic acids is 1. The first-order valence-corrected chi connectivity index (χ1v) is 9.92. The molecule has 0 aliphatic carbocycles. The van der Waals surface area contributed by atoms with E-state index in [9.17, 15) is 13.2 Å². The first-order chi connectivity index (χ1) is 11.7. The van der Waals surface area contributed by atoms with Crippen molar-refractivity contribution in [1.29, 1.82) is 0 Å². The third-order valence-electron chi connectivity index (χ3n) is 3.13. The van der Waals surface area contributed by atoms with Gasteiger partial charge in [-0.15, -0.1) is 0 Å². The zero-order chi connectivity index (χ0) is 18.6. The van der Waals surface area contributed by atoms with E-state index in [0.29, 0.717) is 5.56 Å². The molecule has 0 aromatic heterocycles. The molecule has 0 fully saturated rings. The zero-order valence-corrected chi connectivity index (χ0v) is 16.1. The number of benzene rings is 2. The molecule has 9 heteroatoms. The number of esters is 1. The molecule has 2 aromatic carbocycles. The van der Waals surface area contributed by atoms with Gasteiger partial charge in [0.05, 0.1) is 28.6 Å². The Bertz CT molecular complexity index is 880. The van der Waals surface area contributed by atoms with Crippen LogP contribution in [-0.2, 0) is 20.5 Å². The highest BCUT2D eigenvalue weighted by Gasteiger charge is 2.18. The standard InChI is InChI=1S/C16H14Cl3NO4S/c1-2-24-16(21)11-7-6-10(8-15(11)19)20-25(22,23)9-12-13(17)4-3-5-14(12)18/h3-8,20H,2,9H2,1H3. The third kappa shape index (κ3) is 5.25. The van der Waals surface area contributed by atoms with Gasteiger partial charge >= 0.3 is 5.97 Å². The molecule has 0 aliphatic heterocycles. The van der Waals surface area contributed by atoms with Crippen LogP contribution in [0.5, 0.6) is 0 Å². The highest BCUT2D eigenvalue weighted by Crippen LogP contribution is 2.28. The number of hydrogen-bond acceptors (Lipinski definition) is 4. The van der Waals surface area contributed by atoms with Crippen molar-refractivity contribution < 1.29 is 17.9 Å². The molecule has 25 heavy (non-hydrogen) atoms. The van der Waals surface area contributed by atoms with Crippen molar-refractivity contribution in [3.8, 4) is 0 Å². The van der Waals surface area contributed by atoms with E-state index in [1.165, 1.54) is 18.2 Å². The first-order valence-electron chi connectivity index (χ1n) is 7.13.